The minimum absolute atomic E-state index is 0.441. The van der Waals surface area contributed by atoms with Gasteiger partial charge in [-0.15, -0.1) is 0 Å². The van der Waals surface area contributed by atoms with Gasteiger partial charge in [-0.05, 0) is 23.3 Å². The fraction of sp³-hybridized carbons (Fsp3) is 0.0714. The van der Waals surface area contributed by atoms with E-state index in [1.807, 2.05) is 54.6 Å². The van der Waals surface area contributed by atoms with Crippen molar-refractivity contribution in [3.8, 4) is 0 Å². The van der Waals surface area contributed by atoms with E-state index in [2.05, 4.69) is 15.9 Å². The molecular formula is C14H12BrNO2. The molecule has 1 atom stereocenters. The van der Waals surface area contributed by atoms with E-state index < -0.39 is 11.8 Å². The maximum atomic E-state index is 11.8. The Balaban J connectivity index is 2.43. The van der Waals surface area contributed by atoms with Gasteiger partial charge in [0.15, 0.2) is 0 Å². The third-order valence-corrected chi connectivity index (χ3v) is 3.24. The highest BCUT2D eigenvalue weighted by molar-refractivity contribution is 9.10. The molecule has 1 unspecified atom stereocenters. The van der Waals surface area contributed by atoms with Gasteiger partial charge in [0, 0.05) is 4.47 Å². The van der Waals surface area contributed by atoms with Gasteiger partial charge < -0.3 is 0 Å². The van der Waals surface area contributed by atoms with E-state index >= 15 is 0 Å². The molecule has 0 bridgehead atoms. The number of hydroxylamine groups is 1. The fourth-order valence-corrected chi connectivity index (χ4v) is 2.12. The Hall–Kier alpha value is -1.65. The second-order valence-corrected chi connectivity index (χ2v) is 4.79. The predicted molar refractivity (Wildman–Crippen MR) is 72.4 cm³/mol. The van der Waals surface area contributed by atoms with Crippen LogP contribution in [0.1, 0.15) is 17.0 Å². The first kappa shape index (κ1) is 12.8. The lowest BCUT2D eigenvalue weighted by atomic mass is 9.91. The summed E-state index contributed by atoms with van der Waals surface area (Å²) in [4.78, 5) is 11.8. The van der Waals surface area contributed by atoms with Gasteiger partial charge in [-0.25, -0.2) is 5.48 Å². The molecule has 0 radical (unpaired) electrons. The Kier molecular flexibility index (Phi) is 4.12. The highest BCUT2D eigenvalue weighted by Crippen LogP contribution is 2.26. The molecule has 0 aliphatic heterocycles. The summed E-state index contributed by atoms with van der Waals surface area (Å²) in [5.41, 5.74) is 3.39. The average molecular weight is 306 g/mol. The Morgan fingerprint density at radius 2 is 1.56 bits per heavy atom. The zero-order valence-electron chi connectivity index (χ0n) is 9.51. The molecule has 0 saturated heterocycles. The molecule has 92 valence electrons. The molecule has 4 heteroatoms. The molecule has 0 saturated carbocycles. The molecule has 0 aromatic heterocycles. The molecular weight excluding hydrogens is 294 g/mol. The van der Waals surface area contributed by atoms with Gasteiger partial charge in [0.2, 0.25) is 0 Å². The molecule has 0 spiro atoms. The quantitative estimate of drug-likeness (QED) is 0.676. The number of hydrogen-bond donors (Lipinski definition) is 2. The summed E-state index contributed by atoms with van der Waals surface area (Å²) in [6, 6.07) is 16.8. The summed E-state index contributed by atoms with van der Waals surface area (Å²) in [5, 5.41) is 8.87. The van der Waals surface area contributed by atoms with Crippen molar-refractivity contribution in [1.82, 2.24) is 5.48 Å². The van der Waals surface area contributed by atoms with Crippen LogP contribution in [0.3, 0.4) is 0 Å². The van der Waals surface area contributed by atoms with Crippen molar-refractivity contribution in [3.05, 3.63) is 70.2 Å². The largest absolute Gasteiger partial charge is 0.289 e. The average Bonchev–Trinajstić information content (AvgIpc) is 2.42. The van der Waals surface area contributed by atoms with Crippen molar-refractivity contribution in [2.24, 2.45) is 0 Å². The molecule has 2 aromatic carbocycles. The van der Waals surface area contributed by atoms with E-state index in [1.54, 1.807) is 5.48 Å². The Labute approximate surface area is 114 Å². The molecule has 0 heterocycles. The van der Waals surface area contributed by atoms with Gasteiger partial charge in [0.05, 0.1) is 5.92 Å². The van der Waals surface area contributed by atoms with Crippen molar-refractivity contribution >= 4 is 21.8 Å². The van der Waals surface area contributed by atoms with E-state index in [-0.39, 0.29) is 0 Å². The zero-order valence-corrected chi connectivity index (χ0v) is 11.1. The van der Waals surface area contributed by atoms with Crippen molar-refractivity contribution < 1.29 is 10.0 Å². The number of nitrogens with one attached hydrogen (secondary N) is 1. The van der Waals surface area contributed by atoms with Crippen LogP contribution in [0, 0.1) is 0 Å². The fourth-order valence-electron chi connectivity index (χ4n) is 1.86. The molecule has 1 amide bonds. The van der Waals surface area contributed by atoms with Gasteiger partial charge in [-0.3, -0.25) is 10.0 Å². The van der Waals surface area contributed by atoms with Crippen molar-refractivity contribution in [2.45, 2.75) is 5.92 Å². The Morgan fingerprint density at radius 3 is 2.11 bits per heavy atom. The summed E-state index contributed by atoms with van der Waals surface area (Å²) in [6.07, 6.45) is 0. The highest BCUT2D eigenvalue weighted by atomic mass is 79.9. The Morgan fingerprint density at radius 1 is 1.00 bits per heavy atom. The van der Waals surface area contributed by atoms with Crippen LogP contribution in [0.4, 0.5) is 0 Å². The number of benzene rings is 2. The number of halogens is 1. The van der Waals surface area contributed by atoms with Crippen LogP contribution in [0.15, 0.2) is 59.1 Å². The summed E-state index contributed by atoms with van der Waals surface area (Å²) in [6.45, 7) is 0. The third kappa shape index (κ3) is 2.78. The lowest BCUT2D eigenvalue weighted by Gasteiger charge is -2.15. The zero-order chi connectivity index (χ0) is 13.0. The van der Waals surface area contributed by atoms with E-state index in [0.29, 0.717) is 0 Å². The predicted octanol–water partition coefficient (Wildman–Crippen LogP) is 3.09. The molecule has 0 aliphatic carbocycles. The van der Waals surface area contributed by atoms with Crippen LogP contribution in [-0.4, -0.2) is 11.1 Å². The SMILES string of the molecule is O=C(NO)C(c1ccccc1)c1ccc(Br)cc1. The summed E-state index contributed by atoms with van der Waals surface area (Å²) >= 11 is 3.35. The van der Waals surface area contributed by atoms with Gasteiger partial charge in [0.25, 0.3) is 5.91 Å². The van der Waals surface area contributed by atoms with Gasteiger partial charge in [-0.1, -0.05) is 58.4 Å². The summed E-state index contributed by atoms with van der Waals surface area (Å²) in [7, 11) is 0. The van der Waals surface area contributed by atoms with Crippen molar-refractivity contribution in [1.29, 1.82) is 0 Å². The molecule has 0 aliphatic rings. The maximum absolute atomic E-state index is 11.8. The van der Waals surface area contributed by atoms with E-state index in [9.17, 15) is 4.79 Å². The van der Waals surface area contributed by atoms with Gasteiger partial charge in [0.1, 0.15) is 0 Å². The van der Waals surface area contributed by atoms with Crippen LogP contribution in [0.25, 0.3) is 0 Å². The second kappa shape index (κ2) is 5.80. The first-order chi connectivity index (χ1) is 8.72. The molecule has 2 aromatic rings. The number of rotatable bonds is 3. The van der Waals surface area contributed by atoms with Gasteiger partial charge in [-0.2, -0.15) is 0 Å². The van der Waals surface area contributed by atoms with E-state index in [0.717, 1.165) is 15.6 Å². The van der Waals surface area contributed by atoms with Crippen molar-refractivity contribution in [3.63, 3.8) is 0 Å². The molecule has 2 N–H and O–H groups in total. The van der Waals surface area contributed by atoms with Crippen LogP contribution in [0.2, 0.25) is 0 Å². The highest BCUT2D eigenvalue weighted by Gasteiger charge is 2.21. The number of carbonyl (C=O) groups excluding carboxylic acids is 1. The monoisotopic (exact) mass is 305 g/mol. The molecule has 0 fully saturated rings. The van der Waals surface area contributed by atoms with Crippen LogP contribution < -0.4 is 5.48 Å². The normalized spacial score (nSPS) is 11.9. The van der Waals surface area contributed by atoms with E-state index in [4.69, 9.17) is 5.21 Å². The standard InChI is InChI=1S/C14H12BrNO2/c15-12-8-6-11(7-9-12)13(14(17)16-18)10-4-2-1-3-5-10/h1-9,13,18H,(H,16,17). The van der Waals surface area contributed by atoms with Crippen LogP contribution in [-0.2, 0) is 4.79 Å². The molecule has 2 rings (SSSR count). The minimum atomic E-state index is -0.510. The smallest absolute Gasteiger partial charge is 0.255 e. The lowest BCUT2D eigenvalue weighted by Crippen LogP contribution is -2.27. The second-order valence-electron chi connectivity index (χ2n) is 3.87. The molecule has 3 nitrogen and oxygen atoms in total. The maximum Gasteiger partial charge on any atom is 0.255 e. The van der Waals surface area contributed by atoms with Crippen molar-refractivity contribution in [2.75, 3.05) is 0 Å². The lowest BCUT2D eigenvalue weighted by molar-refractivity contribution is -0.129. The van der Waals surface area contributed by atoms with Crippen LogP contribution in [0.5, 0.6) is 0 Å². The summed E-state index contributed by atoms with van der Waals surface area (Å²) < 4.78 is 0.947. The third-order valence-electron chi connectivity index (χ3n) is 2.71. The number of hydrogen-bond acceptors (Lipinski definition) is 2. The topological polar surface area (TPSA) is 49.3 Å². The number of carbonyl (C=O) groups is 1. The van der Waals surface area contributed by atoms with Crippen LogP contribution >= 0.6 is 15.9 Å². The number of amides is 1. The first-order valence-corrected chi connectivity index (χ1v) is 6.26. The Bertz CT molecular complexity index is 525. The first-order valence-electron chi connectivity index (χ1n) is 5.46. The van der Waals surface area contributed by atoms with Gasteiger partial charge >= 0.3 is 0 Å². The van der Waals surface area contributed by atoms with E-state index in [1.165, 1.54) is 0 Å². The summed E-state index contributed by atoms with van der Waals surface area (Å²) in [5.74, 6) is -0.951. The molecule has 18 heavy (non-hydrogen) atoms. The minimum Gasteiger partial charge on any atom is -0.289 e.